The normalized spacial score (nSPS) is 14.3. The van der Waals surface area contributed by atoms with Gasteiger partial charge in [0.15, 0.2) is 0 Å². The van der Waals surface area contributed by atoms with Gasteiger partial charge < -0.3 is 9.80 Å². The Labute approximate surface area is 158 Å². The van der Waals surface area contributed by atoms with Crippen molar-refractivity contribution in [1.82, 2.24) is 19.8 Å². The van der Waals surface area contributed by atoms with Gasteiger partial charge in [0.1, 0.15) is 0 Å². The zero-order chi connectivity index (χ0) is 18.4. The number of hydrogen-bond acceptors (Lipinski definition) is 5. The first kappa shape index (κ1) is 18.4. The third-order valence-corrected chi connectivity index (χ3v) is 4.72. The highest BCUT2D eigenvalue weighted by Crippen LogP contribution is 2.15. The fourth-order valence-corrected chi connectivity index (χ4v) is 3.07. The van der Waals surface area contributed by atoms with Gasteiger partial charge in [-0.25, -0.2) is 0 Å². The predicted octanol–water partition coefficient (Wildman–Crippen LogP) is 2.14. The van der Waals surface area contributed by atoms with E-state index in [4.69, 9.17) is 0 Å². The summed E-state index contributed by atoms with van der Waals surface area (Å²) in [6, 6.07) is 9.23. The number of piperazine rings is 1. The molecule has 1 aliphatic heterocycles. The lowest BCUT2D eigenvalue weighted by Gasteiger charge is -2.34. The van der Waals surface area contributed by atoms with Crippen LogP contribution in [0.5, 0.6) is 0 Å². The maximum Gasteiger partial charge on any atom is 0.255 e. The molecule has 26 heavy (non-hydrogen) atoms. The minimum Gasteiger partial charge on any atom is -0.339 e. The van der Waals surface area contributed by atoms with Gasteiger partial charge >= 0.3 is 0 Å². The lowest BCUT2D eigenvalue weighted by atomic mass is 10.1. The van der Waals surface area contributed by atoms with E-state index in [1.54, 1.807) is 23.4 Å². The second kappa shape index (κ2) is 8.80. The summed E-state index contributed by atoms with van der Waals surface area (Å²) in [5.41, 5.74) is 2.07. The molecule has 0 spiro atoms. The Morgan fingerprint density at radius 3 is 2.31 bits per heavy atom. The monoisotopic (exact) mass is 370 g/mol. The first-order valence-electron chi connectivity index (χ1n) is 8.74. The second-order valence-electron chi connectivity index (χ2n) is 6.15. The Hall–Kier alpha value is -2.41. The summed E-state index contributed by atoms with van der Waals surface area (Å²) in [4.78, 5) is 36.9. The van der Waals surface area contributed by atoms with E-state index in [0.717, 1.165) is 17.8 Å². The number of amides is 2. The fourth-order valence-electron chi connectivity index (χ4n) is 2.92. The Morgan fingerprint density at radius 2 is 1.69 bits per heavy atom. The van der Waals surface area contributed by atoms with E-state index in [1.807, 2.05) is 29.2 Å². The average Bonchev–Trinajstić information content (AvgIpc) is 2.72. The maximum absolute atomic E-state index is 12.7. The van der Waals surface area contributed by atoms with Gasteiger partial charge in [0.25, 0.3) is 5.91 Å². The van der Waals surface area contributed by atoms with Crippen molar-refractivity contribution in [2.75, 3.05) is 31.9 Å². The third kappa shape index (κ3) is 4.40. The molecule has 1 aliphatic rings. The molecule has 6 nitrogen and oxygen atoms in total. The molecule has 1 saturated heterocycles. The molecule has 1 fully saturated rings. The molecule has 136 valence electrons. The summed E-state index contributed by atoms with van der Waals surface area (Å²) < 4.78 is 0. The summed E-state index contributed by atoms with van der Waals surface area (Å²) in [6.07, 6.45) is 4.62. The quantitative estimate of drug-likeness (QED) is 0.819. The zero-order valence-electron chi connectivity index (χ0n) is 14.5. The van der Waals surface area contributed by atoms with Gasteiger partial charge in [-0.05, 0) is 36.4 Å². The SMILES string of the molecule is O=C(CCCS)N1CCN(C(=O)c2ccc(-c3ccccn3)nc2)CC1. The van der Waals surface area contributed by atoms with Crippen molar-refractivity contribution in [2.24, 2.45) is 0 Å². The van der Waals surface area contributed by atoms with Crippen molar-refractivity contribution in [3.63, 3.8) is 0 Å². The van der Waals surface area contributed by atoms with Crippen molar-refractivity contribution in [3.05, 3.63) is 48.3 Å². The molecule has 2 amide bonds. The van der Waals surface area contributed by atoms with Crippen LogP contribution in [0.3, 0.4) is 0 Å². The molecule has 0 atom stereocenters. The van der Waals surface area contributed by atoms with Crippen LogP contribution >= 0.6 is 12.6 Å². The Morgan fingerprint density at radius 1 is 0.962 bits per heavy atom. The van der Waals surface area contributed by atoms with E-state index in [2.05, 4.69) is 22.6 Å². The van der Waals surface area contributed by atoms with Gasteiger partial charge in [-0.3, -0.25) is 19.6 Å². The van der Waals surface area contributed by atoms with Gasteiger partial charge in [0.05, 0.1) is 17.0 Å². The lowest BCUT2D eigenvalue weighted by Crippen LogP contribution is -2.50. The largest absolute Gasteiger partial charge is 0.339 e. The summed E-state index contributed by atoms with van der Waals surface area (Å²) in [7, 11) is 0. The Bertz CT molecular complexity index is 744. The van der Waals surface area contributed by atoms with Crippen LogP contribution < -0.4 is 0 Å². The van der Waals surface area contributed by atoms with Crippen LogP contribution in [0.25, 0.3) is 11.4 Å². The molecule has 2 aromatic heterocycles. The summed E-state index contributed by atoms with van der Waals surface area (Å²) in [5, 5.41) is 0. The first-order valence-corrected chi connectivity index (χ1v) is 9.37. The molecule has 2 aromatic rings. The summed E-state index contributed by atoms with van der Waals surface area (Å²) >= 11 is 4.14. The zero-order valence-corrected chi connectivity index (χ0v) is 15.4. The van der Waals surface area contributed by atoms with Crippen molar-refractivity contribution in [2.45, 2.75) is 12.8 Å². The number of carbonyl (C=O) groups excluding carboxylic acids is 2. The van der Waals surface area contributed by atoms with E-state index >= 15 is 0 Å². The topological polar surface area (TPSA) is 66.4 Å². The molecule has 7 heteroatoms. The van der Waals surface area contributed by atoms with E-state index in [9.17, 15) is 9.59 Å². The standard InChI is InChI=1S/C19H22N4O2S/c24-18(5-3-13-26)22-9-11-23(12-10-22)19(25)15-6-7-17(21-14-15)16-4-1-2-8-20-16/h1-2,4,6-8,14,26H,3,5,9-13H2. The molecule has 3 rings (SSSR count). The molecular weight excluding hydrogens is 348 g/mol. The number of rotatable bonds is 5. The fraction of sp³-hybridized carbons (Fsp3) is 0.368. The molecule has 0 bridgehead atoms. The molecule has 0 saturated carbocycles. The summed E-state index contributed by atoms with van der Waals surface area (Å²) in [6.45, 7) is 2.26. The van der Waals surface area contributed by atoms with Crippen molar-refractivity contribution in [3.8, 4) is 11.4 Å². The van der Waals surface area contributed by atoms with Crippen molar-refractivity contribution < 1.29 is 9.59 Å². The van der Waals surface area contributed by atoms with Crippen LogP contribution in [0, 0.1) is 0 Å². The molecule has 0 radical (unpaired) electrons. The maximum atomic E-state index is 12.7. The van der Waals surface area contributed by atoms with Gasteiger partial charge in [-0.1, -0.05) is 6.07 Å². The molecule has 0 aromatic carbocycles. The number of nitrogens with zero attached hydrogens (tertiary/aromatic N) is 4. The van der Waals surface area contributed by atoms with E-state index in [-0.39, 0.29) is 11.8 Å². The average molecular weight is 370 g/mol. The summed E-state index contributed by atoms with van der Waals surface area (Å²) in [5.74, 6) is 0.811. The van der Waals surface area contributed by atoms with E-state index in [0.29, 0.717) is 43.9 Å². The minimum absolute atomic E-state index is 0.0486. The smallest absolute Gasteiger partial charge is 0.255 e. The highest BCUT2D eigenvalue weighted by molar-refractivity contribution is 7.80. The Balaban J connectivity index is 1.58. The third-order valence-electron chi connectivity index (χ3n) is 4.41. The first-order chi connectivity index (χ1) is 12.7. The number of pyridine rings is 2. The van der Waals surface area contributed by atoms with Crippen LogP contribution in [-0.2, 0) is 4.79 Å². The molecule has 0 aliphatic carbocycles. The van der Waals surface area contributed by atoms with Gasteiger partial charge in [0, 0.05) is 45.0 Å². The second-order valence-corrected chi connectivity index (χ2v) is 6.59. The molecule has 0 N–H and O–H groups in total. The van der Waals surface area contributed by atoms with Crippen LogP contribution in [0.4, 0.5) is 0 Å². The van der Waals surface area contributed by atoms with Crippen LogP contribution in [0.2, 0.25) is 0 Å². The van der Waals surface area contributed by atoms with Crippen LogP contribution in [0.15, 0.2) is 42.7 Å². The number of hydrogen-bond donors (Lipinski definition) is 1. The number of thiol groups is 1. The van der Waals surface area contributed by atoms with E-state index in [1.165, 1.54) is 0 Å². The molecular formula is C19H22N4O2S. The van der Waals surface area contributed by atoms with Gasteiger partial charge in [-0.15, -0.1) is 0 Å². The van der Waals surface area contributed by atoms with Crippen molar-refractivity contribution >= 4 is 24.4 Å². The number of aromatic nitrogens is 2. The van der Waals surface area contributed by atoms with Crippen molar-refractivity contribution in [1.29, 1.82) is 0 Å². The predicted molar refractivity (Wildman–Crippen MR) is 103 cm³/mol. The van der Waals surface area contributed by atoms with Gasteiger partial charge in [0.2, 0.25) is 5.91 Å². The van der Waals surface area contributed by atoms with Gasteiger partial charge in [-0.2, -0.15) is 12.6 Å². The highest BCUT2D eigenvalue weighted by atomic mass is 32.1. The van der Waals surface area contributed by atoms with Crippen LogP contribution in [0.1, 0.15) is 23.2 Å². The van der Waals surface area contributed by atoms with E-state index < -0.39 is 0 Å². The molecule has 3 heterocycles. The number of carbonyl (C=O) groups is 2. The lowest BCUT2D eigenvalue weighted by molar-refractivity contribution is -0.132. The minimum atomic E-state index is -0.0486. The Kier molecular flexibility index (Phi) is 6.22. The molecule has 0 unspecified atom stereocenters. The van der Waals surface area contributed by atoms with Crippen LogP contribution in [-0.4, -0.2) is 63.5 Å². The highest BCUT2D eigenvalue weighted by Gasteiger charge is 2.24.